The van der Waals surface area contributed by atoms with Crippen molar-refractivity contribution >= 4 is 5.78 Å². The summed E-state index contributed by atoms with van der Waals surface area (Å²) in [7, 11) is 0. The standard InChI is InChI=1S/C19H22O2/c1-4-13-7-9-16(20)12-18(13)17-10-8-15(19(21)6-3)11-14(17)5-2/h7-12,20H,4-6H2,1-3H3. The zero-order chi connectivity index (χ0) is 15.4. The van der Waals surface area contributed by atoms with Crippen LogP contribution in [0.4, 0.5) is 0 Å². The van der Waals surface area contributed by atoms with Crippen LogP contribution < -0.4 is 0 Å². The SMILES string of the molecule is CCC(=O)c1ccc(-c2cc(O)ccc2CC)c(CC)c1. The number of phenolic OH excluding ortho intramolecular Hbond substituents is 1. The van der Waals surface area contributed by atoms with Crippen LogP contribution in [-0.4, -0.2) is 10.9 Å². The van der Waals surface area contributed by atoms with Crippen LogP contribution in [-0.2, 0) is 12.8 Å². The molecule has 2 rings (SSSR count). The minimum Gasteiger partial charge on any atom is -0.508 e. The van der Waals surface area contributed by atoms with Gasteiger partial charge >= 0.3 is 0 Å². The Morgan fingerprint density at radius 1 is 0.905 bits per heavy atom. The van der Waals surface area contributed by atoms with Crippen molar-refractivity contribution in [2.24, 2.45) is 0 Å². The number of hydrogen-bond donors (Lipinski definition) is 1. The Kier molecular flexibility index (Phi) is 4.79. The molecule has 1 N–H and O–H groups in total. The molecule has 2 nitrogen and oxygen atoms in total. The summed E-state index contributed by atoms with van der Waals surface area (Å²) in [4.78, 5) is 11.9. The molecular formula is C19H22O2. The molecule has 0 amide bonds. The number of aryl methyl sites for hydroxylation is 2. The van der Waals surface area contributed by atoms with E-state index in [2.05, 4.69) is 13.8 Å². The molecular weight excluding hydrogens is 260 g/mol. The van der Waals surface area contributed by atoms with E-state index >= 15 is 0 Å². The van der Waals surface area contributed by atoms with E-state index < -0.39 is 0 Å². The Labute approximate surface area is 126 Å². The van der Waals surface area contributed by atoms with Gasteiger partial charge in [0.15, 0.2) is 5.78 Å². The van der Waals surface area contributed by atoms with Gasteiger partial charge in [-0.1, -0.05) is 39.0 Å². The molecule has 2 heteroatoms. The van der Waals surface area contributed by atoms with Gasteiger partial charge in [0, 0.05) is 12.0 Å². The summed E-state index contributed by atoms with van der Waals surface area (Å²) in [5.41, 5.74) is 5.30. The average Bonchev–Trinajstić information content (AvgIpc) is 2.53. The second kappa shape index (κ2) is 6.57. The van der Waals surface area contributed by atoms with E-state index in [4.69, 9.17) is 0 Å². The van der Waals surface area contributed by atoms with Gasteiger partial charge in [-0.05, 0) is 53.3 Å². The van der Waals surface area contributed by atoms with E-state index in [1.165, 1.54) is 5.56 Å². The second-order valence-corrected chi connectivity index (χ2v) is 5.20. The molecule has 2 aromatic rings. The molecule has 0 aromatic heterocycles. The highest BCUT2D eigenvalue weighted by Gasteiger charge is 2.12. The number of Topliss-reactive ketones (excluding diaryl/α,β-unsaturated/α-hetero) is 1. The van der Waals surface area contributed by atoms with Gasteiger partial charge in [-0.2, -0.15) is 0 Å². The maximum Gasteiger partial charge on any atom is 0.162 e. The van der Waals surface area contributed by atoms with Crippen molar-refractivity contribution in [3.05, 3.63) is 53.1 Å². The number of benzene rings is 2. The molecule has 0 atom stereocenters. The van der Waals surface area contributed by atoms with E-state index in [1.807, 2.05) is 37.3 Å². The topological polar surface area (TPSA) is 37.3 Å². The fourth-order valence-electron chi connectivity index (χ4n) is 2.65. The third kappa shape index (κ3) is 3.15. The highest BCUT2D eigenvalue weighted by Crippen LogP contribution is 2.31. The van der Waals surface area contributed by atoms with Crippen LogP contribution in [0.25, 0.3) is 11.1 Å². The van der Waals surface area contributed by atoms with Gasteiger partial charge in [-0.25, -0.2) is 0 Å². The predicted molar refractivity (Wildman–Crippen MR) is 86.9 cm³/mol. The first-order chi connectivity index (χ1) is 10.1. The number of ketones is 1. The molecule has 0 unspecified atom stereocenters. The van der Waals surface area contributed by atoms with Gasteiger partial charge in [-0.3, -0.25) is 4.79 Å². The molecule has 0 heterocycles. The van der Waals surface area contributed by atoms with Gasteiger partial charge in [0.25, 0.3) is 0 Å². The minimum atomic E-state index is 0.169. The molecule has 0 radical (unpaired) electrons. The van der Waals surface area contributed by atoms with E-state index in [9.17, 15) is 9.90 Å². The molecule has 21 heavy (non-hydrogen) atoms. The summed E-state index contributed by atoms with van der Waals surface area (Å²) in [6.07, 6.45) is 2.29. The number of carbonyl (C=O) groups excluding carboxylic acids is 1. The van der Waals surface area contributed by atoms with Crippen LogP contribution in [0.15, 0.2) is 36.4 Å². The Morgan fingerprint density at radius 3 is 2.24 bits per heavy atom. The summed E-state index contributed by atoms with van der Waals surface area (Å²) in [5, 5.41) is 9.78. The smallest absolute Gasteiger partial charge is 0.162 e. The molecule has 0 saturated carbocycles. The van der Waals surface area contributed by atoms with Gasteiger partial charge in [0.1, 0.15) is 5.75 Å². The van der Waals surface area contributed by atoms with Crippen LogP contribution in [0.1, 0.15) is 48.7 Å². The summed E-state index contributed by atoms with van der Waals surface area (Å²) < 4.78 is 0. The zero-order valence-corrected chi connectivity index (χ0v) is 12.9. The maximum atomic E-state index is 11.9. The lowest BCUT2D eigenvalue weighted by Crippen LogP contribution is -2.00. The van der Waals surface area contributed by atoms with Crippen molar-refractivity contribution in [2.75, 3.05) is 0 Å². The molecule has 0 fully saturated rings. The van der Waals surface area contributed by atoms with Gasteiger partial charge in [0.2, 0.25) is 0 Å². The first-order valence-electron chi connectivity index (χ1n) is 7.59. The Morgan fingerprint density at radius 2 is 1.62 bits per heavy atom. The highest BCUT2D eigenvalue weighted by molar-refractivity contribution is 5.96. The van der Waals surface area contributed by atoms with Gasteiger partial charge < -0.3 is 5.11 Å². The monoisotopic (exact) mass is 282 g/mol. The number of aromatic hydroxyl groups is 1. The van der Waals surface area contributed by atoms with Crippen LogP contribution in [0.5, 0.6) is 5.75 Å². The lowest BCUT2D eigenvalue weighted by molar-refractivity contribution is 0.0988. The average molecular weight is 282 g/mol. The van der Waals surface area contributed by atoms with Gasteiger partial charge in [0.05, 0.1) is 0 Å². The van der Waals surface area contributed by atoms with Crippen molar-refractivity contribution in [3.8, 4) is 16.9 Å². The Bertz CT molecular complexity index is 657. The molecule has 2 aromatic carbocycles. The van der Waals surface area contributed by atoms with Gasteiger partial charge in [-0.15, -0.1) is 0 Å². The van der Waals surface area contributed by atoms with Crippen molar-refractivity contribution in [2.45, 2.75) is 40.0 Å². The van der Waals surface area contributed by atoms with Crippen LogP contribution in [0.2, 0.25) is 0 Å². The van der Waals surface area contributed by atoms with E-state index in [-0.39, 0.29) is 11.5 Å². The quantitative estimate of drug-likeness (QED) is 0.801. The number of carbonyl (C=O) groups is 1. The summed E-state index contributed by atoms with van der Waals surface area (Å²) in [6, 6.07) is 11.4. The largest absolute Gasteiger partial charge is 0.508 e. The fraction of sp³-hybridized carbons (Fsp3) is 0.316. The van der Waals surface area contributed by atoms with E-state index in [1.54, 1.807) is 6.07 Å². The molecule has 0 spiro atoms. The summed E-state index contributed by atoms with van der Waals surface area (Å²) in [6.45, 7) is 6.08. The summed E-state index contributed by atoms with van der Waals surface area (Å²) >= 11 is 0. The third-order valence-corrected chi connectivity index (χ3v) is 3.89. The number of rotatable bonds is 5. The third-order valence-electron chi connectivity index (χ3n) is 3.89. The number of phenols is 1. The highest BCUT2D eigenvalue weighted by atomic mass is 16.3. The Hall–Kier alpha value is -2.09. The first kappa shape index (κ1) is 15.3. The molecule has 0 aliphatic heterocycles. The van der Waals surface area contributed by atoms with Crippen LogP contribution in [0, 0.1) is 0 Å². The number of hydrogen-bond acceptors (Lipinski definition) is 2. The molecule has 0 bridgehead atoms. The lowest BCUT2D eigenvalue weighted by atomic mass is 9.91. The van der Waals surface area contributed by atoms with E-state index in [0.717, 1.165) is 35.1 Å². The van der Waals surface area contributed by atoms with Crippen molar-refractivity contribution < 1.29 is 9.90 Å². The van der Waals surface area contributed by atoms with Crippen molar-refractivity contribution in [3.63, 3.8) is 0 Å². The first-order valence-corrected chi connectivity index (χ1v) is 7.59. The fourth-order valence-corrected chi connectivity index (χ4v) is 2.65. The minimum absolute atomic E-state index is 0.169. The van der Waals surface area contributed by atoms with E-state index in [0.29, 0.717) is 6.42 Å². The zero-order valence-electron chi connectivity index (χ0n) is 12.9. The van der Waals surface area contributed by atoms with Crippen molar-refractivity contribution in [1.29, 1.82) is 0 Å². The maximum absolute atomic E-state index is 11.9. The second-order valence-electron chi connectivity index (χ2n) is 5.20. The van der Waals surface area contributed by atoms with Crippen LogP contribution >= 0.6 is 0 Å². The van der Waals surface area contributed by atoms with Crippen molar-refractivity contribution in [1.82, 2.24) is 0 Å². The normalized spacial score (nSPS) is 10.6. The molecule has 0 aliphatic rings. The molecule has 0 saturated heterocycles. The Balaban J connectivity index is 2.59. The molecule has 0 aliphatic carbocycles. The molecule has 110 valence electrons. The van der Waals surface area contributed by atoms with Crippen LogP contribution in [0.3, 0.4) is 0 Å². The predicted octanol–water partition coefficient (Wildman–Crippen LogP) is 4.78. The lowest BCUT2D eigenvalue weighted by Gasteiger charge is -2.14. The summed E-state index contributed by atoms with van der Waals surface area (Å²) in [5.74, 6) is 0.445.